The van der Waals surface area contributed by atoms with E-state index in [1.165, 1.54) is 17.0 Å². The molecule has 0 bridgehead atoms. The zero-order valence-electron chi connectivity index (χ0n) is 10.4. The minimum absolute atomic E-state index is 0.116. The molecule has 1 aromatic rings. The summed E-state index contributed by atoms with van der Waals surface area (Å²) in [7, 11) is 0. The molecule has 0 radical (unpaired) electrons. The van der Waals surface area contributed by atoms with Crippen LogP contribution in [0.15, 0.2) is 18.2 Å². The summed E-state index contributed by atoms with van der Waals surface area (Å²) >= 11 is 3.31. The van der Waals surface area contributed by atoms with Gasteiger partial charge in [0, 0.05) is 18.3 Å². The van der Waals surface area contributed by atoms with Gasteiger partial charge in [-0.2, -0.15) is 0 Å². The number of hydrogen-bond donors (Lipinski definition) is 2. The summed E-state index contributed by atoms with van der Waals surface area (Å²) in [6, 6.07) is 3.76. The Morgan fingerprint density at radius 2 is 2.00 bits per heavy atom. The monoisotopic (exact) mass is 341 g/mol. The molecule has 0 spiro atoms. The lowest BCUT2D eigenvalue weighted by Crippen LogP contribution is -2.27. The highest BCUT2D eigenvalue weighted by atomic mass is 79.9. The van der Waals surface area contributed by atoms with Crippen LogP contribution in [0.2, 0.25) is 0 Å². The zero-order valence-corrected chi connectivity index (χ0v) is 12.0. The van der Waals surface area contributed by atoms with Gasteiger partial charge in [-0.3, -0.25) is 4.79 Å². The van der Waals surface area contributed by atoms with Gasteiger partial charge < -0.3 is 15.1 Å². The van der Waals surface area contributed by atoms with Gasteiger partial charge in [0.05, 0.1) is 16.8 Å². The number of carboxylic acids is 2. The van der Waals surface area contributed by atoms with Gasteiger partial charge >= 0.3 is 11.9 Å². The molecule has 1 saturated heterocycles. The number of carbonyl (C=O) groups is 3. The van der Waals surface area contributed by atoms with Crippen LogP contribution in [0.4, 0.5) is 5.69 Å². The third kappa shape index (κ3) is 2.67. The van der Waals surface area contributed by atoms with E-state index in [4.69, 9.17) is 5.11 Å². The summed E-state index contributed by atoms with van der Waals surface area (Å²) in [6.45, 7) is 0.427. The molecular weight excluding hydrogens is 330 g/mol. The fourth-order valence-electron chi connectivity index (χ4n) is 2.19. The molecular formula is C13H12BrNO5. The SMILES string of the molecule is O=C(O)c1ccc(N2CC(CBr)CC2=O)c(C(=O)O)c1. The van der Waals surface area contributed by atoms with Crippen LogP contribution in [0.25, 0.3) is 0 Å². The number of hydrogen-bond acceptors (Lipinski definition) is 3. The molecule has 1 fully saturated rings. The van der Waals surface area contributed by atoms with E-state index in [0.29, 0.717) is 18.3 Å². The van der Waals surface area contributed by atoms with Crippen molar-refractivity contribution < 1.29 is 24.6 Å². The largest absolute Gasteiger partial charge is 0.478 e. The van der Waals surface area contributed by atoms with E-state index in [1.807, 2.05) is 0 Å². The molecule has 106 valence electrons. The molecule has 0 aliphatic carbocycles. The van der Waals surface area contributed by atoms with Crippen LogP contribution in [0.3, 0.4) is 0 Å². The zero-order chi connectivity index (χ0) is 14.9. The standard InChI is InChI=1S/C13H12BrNO5/c14-5-7-3-11(16)15(6-7)10-2-1-8(12(17)18)4-9(10)13(19)20/h1-2,4,7H,3,5-6H2,(H,17,18)(H,19,20). The molecule has 1 aliphatic rings. The van der Waals surface area contributed by atoms with Crippen LogP contribution in [-0.2, 0) is 4.79 Å². The van der Waals surface area contributed by atoms with Crippen molar-refractivity contribution in [3.63, 3.8) is 0 Å². The predicted octanol–water partition coefficient (Wildman–Crippen LogP) is 1.83. The molecule has 1 unspecified atom stereocenters. The second kappa shape index (κ2) is 5.62. The van der Waals surface area contributed by atoms with E-state index >= 15 is 0 Å². The molecule has 20 heavy (non-hydrogen) atoms. The first-order valence-corrected chi connectivity index (χ1v) is 7.03. The first kappa shape index (κ1) is 14.5. The minimum atomic E-state index is -1.25. The topological polar surface area (TPSA) is 94.9 Å². The molecule has 0 aromatic heterocycles. The maximum atomic E-state index is 11.9. The molecule has 2 rings (SSSR count). The highest BCUT2D eigenvalue weighted by molar-refractivity contribution is 9.09. The lowest BCUT2D eigenvalue weighted by atomic mass is 10.1. The third-order valence-corrected chi connectivity index (χ3v) is 4.10. The van der Waals surface area contributed by atoms with Gasteiger partial charge in [0.1, 0.15) is 0 Å². The average Bonchev–Trinajstić information content (AvgIpc) is 2.79. The van der Waals surface area contributed by atoms with Crippen LogP contribution in [0, 0.1) is 5.92 Å². The Kier molecular flexibility index (Phi) is 4.08. The molecule has 2 N–H and O–H groups in total. The van der Waals surface area contributed by atoms with Gasteiger partial charge in [0.25, 0.3) is 0 Å². The van der Waals surface area contributed by atoms with Crippen LogP contribution in [0.1, 0.15) is 27.1 Å². The summed E-state index contributed by atoms with van der Waals surface area (Å²) in [4.78, 5) is 35.5. The van der Waals surface area contributed by atoms with Crippen LogP contribution < -0.4 is 4.90 Å². The highest BCUT2D eigenvalue weighted by Gasteiger charge is 2.32. The van der Waals surface area contributed by atoms with Gasteiger partial charge in [0.2, 0.25) is 5.91 Å². The van der Waals surface area contributed by atoms with Gasteiger partial charge in [-0.15, -0.1) is 0 Å². The van der Waals surface area contributed by atoms with Gasteiger partial charge in [0.15, 0.2) is 0 Å². The Hall–Kier alpha value is -1.89. The number of benzene rings is 1. The Labute approximate surface area is 123 Å². The number of halogens is 1. The third-order valence-electron chi connectivity index (χ3n) is 3.19. The highest BCUT2D eigenvalue weighted by Crippen LogP contribution is 2.29. The average molecular weight is 342 g/mol. The summed E-state index contributed by atoms with van der Waals surface area (Å²) in [5.74, 6) is -2.48. The predicted molar refractivity (Wildman–Crippen MR) is 74.6 cm³/mol. The molecule has 1 heterocycles. The van der Waals surface area contributed by atoms with Crippen molar-refractivity contribution in [2.24, 2.45) is 5.92 Å². The number of rotatable bonds is 4. The number of alkyl halides is 1. The molecule has 1 aliphatic heterocycles. The number of amides is 1. The van der Waals surface area contributed by atoms with Crippen molar-refractivity contribution in [1.29, 1.82) is 0 Å². The van der Waals surface area contributed by atoms with Gasteiger partial charge in [-0.1, -0.05) is 15.9 Å². The quantitative estimate of drug-likeness (QED) is 0.814. The number of carbonyl (C=O) groups excluding carboxylic acids is 1. The van der Waals surface area contributed by atoms with Crippen molar-refractivity contribution in [2.45, 2.75) is 6.42 Å². The van der Waals surface area contributed by atoms with Crippen LogP contribution in [-0.4, -0.2) is 39.9 Å². The fraction of sp³-hybridized carbons (Fsp3) is 0.308. The number of nitrogens with zero attached hydrogens (tertiary/aromatic N) is 1. The van der Waals surface area contributed by atoms with Crippen molar-refractivity contribution in [2.75, 3.05) is 16.8 Å². The molecule has 7 heteroatoms. The van der Waals surface area contributed by atoms with E-state index in [2.05, 4.69) is 15.9 Å². The summed E-state index contributed by atoms with van der Waals surface area (Å²) in [5, 5.41) is 18.8. The molecule has 1 aromatic carbocycles. The summed E-state index contributed by atoms with van der Waals surface area (Å²) in [6.07, 6.45) is 0.352. The molecule has 6 nitrogen and oxygen atoms in total. The maximum absolute atomic E-state index is 11.9. The van der Waals surface area contributed by atoms with Crippen molar-refractivity contribution in [3.05, 3.63) is 29.3 Å². The van der Waals surface area contributed by atoms with Crippen LogP contribution in [0.5, 0.6) is 0 Å². The van der Waals surface area contributed by atoms with Crippen molar-refractivity contribution >= 4 is 39.5 Å². The Bertz CT molecular complexity index is 586. The molecule has 1 amide bonds. The Balaban J connectivity index is 2.44. The van der Waals surface area contributed by atoms with E-state index in [9.17, 15) is 19.5 Å². The van der Waals surface area contributed by atoms with E-state index in [1.54, 1.807) is 0 Å². The van der Waals surface area contributed by atoms with E-state index < -0.39 is 11.9 Å². The summed E-state index contributed by atoms with van der Waals surface area (Å²) in [5.41, 5.74) is -0.0424. The Morgan fingerprint density at radius 3 is 2.50 bits per heavy atom. The molecule has 0 saturated carbocycles. The lowest BCUT2D eigenvalue weighted by Gasteiger charge is -2.19. The maximum Gasteiger partial charge on any atom is 0.337 e. The lowest BCUT2D eigenvalue weighted by molar-refractivity contribution is -0.117. The van der Waals surface area contributed by atoms with Crippen molar-refractivity contribution in [1.82, 2.24) is 0 Å². The number of aromatic carboxylic acids is 2. The number of carboxylic acid groups (broad SMARTS) is 2. The first-order valence-electron chi connectivity index (χ1n) is 5.91. The molecule has 1 atom stereocenters. The van der Waals surface area contributed by atoms with Gasteiger partial charge in [-0.25, -0.2) is 9.59 Å². The Morgan fingerprint density at radius 1 is 1.30 bits per heavy atom. The second-order valence-corrected chi connectivity index (χ2v) is 5.22. The summed E-state index contributed by atoms with van der Waals surface area (Å²) < 4.78 is 0. The number of anilines is 1. The van der Waals surface area contributed by atoms with E-state index in [-0.39, 0.29) is 28.6 Å². The normalized spacial score (nSPS) is 18.4. The van der Waals surface area contributed by atoms with Gasteiger partial charge in [-0.05, 0) is 24.1 Å². The first-order chi connectivity index (χ1) is 9.43. The smallest absolute Gasteiger partial charge is 0.337 e. The van der Waals surface area contributed by atoms with E-state index in [0.717, 1.165) is 6.07 Å². The van der Waals surface area contributed by atoms with Crippen LogP contribution >= 0.6 is 15.9 Å². The van der Waals surface area contributed by atoms with Crippen molar-refractivity contribution in [3.8, 4) is 0 Å². The second-order valence-electron chi connectivity index (χ2n) is 4.57. The minimum Gasteiger partial charge on any atom is -0.478 e. The fourth-order valence-corrected chi connectivity index (χ4v) is 2.63.